The molecule has 0 fully saturated rings. The first-order valence-electron chi connectivity index (χ1n) is 13.6. The summed E-state index contributed by atoms with van der Waals surface area (Å²) < 4.78 is 35.8. The Hall–Kier alpha value is -4.47. The van der Waals surface area contributed by atoms with E-state index in [9.17, 15) is 13.2 Å². The van der Waals surface area contributed by atoms with Gasteiger partial charge in [0.05, 0.1) is 35.2 Å². The summed E-state index contributed by atoms with van der Waals surface area (Å²) in [5, 5.41) is 1.75. The third kappa shape index (κ3) is 4.47. The second-order valence-corrected chi connectivity index (χ2v) is 12.2. The number of nitrogens with one attached hydrogen (secondary N) is 1. The third-order valence-electron chi connectivity index (χ3n) is 7.93. The van der Waals surface area contributed by atoms with Gasteiger partial charge in [-0.15, -0.1) is 0 Å². The molecule has 0 saturated heterocycles. The molecule has 2 atom stereocenters. The van der Waals surface area contributed by atoms with Gasteiger partial charge in [-0.05, 0) is 40.6 Å². The molecule has 9 heteroatoms. The highest BCUT2D eigenvalue weighted by Crippen LogP contribution is 2.39. The standard InChI is InChI=1S/C32H28N4O4S/c37-29(19-35-17-16-26-31(34-21-33-26)32(35)23-9-2-1-3-10-23)28-20-40-30-13-7-6-12-27(30)36(28)41(38,39)25-15-14-22-8-4-5-11-24(22)18-25/h1-15,18,21,28,32H,16-17,19-20H2,(H,33,34). The number of hydrogen-bond donors (Lipinski definition) is 1. The zero-order chi connectivity index (χ0) is 28.0. The van der Waals surface area contributed by atoms with Gasteiger partial charge in [0.1, 0.15) is 18.4 Å². The van der Waals surface area contributed by atoms with Gasteiger partial charge >= 0.3 is 0 Å². The molecule has 1 N–H and O–H groups in total. The van der Waals surface area contributed by atoms with E-state index in [0.717, 1.165) is 34.1 Å². The van der Waals surface area contributed by atoms with E-state index in [0.29, 0.717) is 18.0 Å². The van der Waals surface area contributed by atoms with Gasteiger partial charge in [0, 0.05) is 18.7 Å². The number of ketones is 1. The molecule has 0 aliphatic carbocycles. The largest absolute Gasteiger partial charge is 0.489 e. The van der Waals surface area contributed by atoms with Crippen LogP contribution in [0.2, 0.25) is 0 Å². The average Bonchev–Trinajstić information content (AvgIpc) is 3.49. The number of hydrogen-bond acceptors (Lipinski definition) is 6. The lowest BCUT2D eigenvalue weighted by molar-refractivity contribution is -0.122. The van der Waals surface area contributed by atoms with Crippen LogP contribution >= 0.6 is 0 Å². The number of anilines is 1. The molecule has 0 bridgehead atoms. The van der Waals surface area contributed by atoms with E-state index < -0.39 is 16.1 Å². The molecule has 2 unspecified atom stereocenters. The summed E-state index contributed by atoms with van der Waals surface area (Å²) in [6.45, 7) is 0.605. The Bertz CT molecular complexity index is 1850. The first kappa shape index (κ1) is 25.5. The molecule has 0 amide bonds. The van der Waals surface area contributed by atoms with Gasteiger partial charge < -0.3 is 9.72 Å². The fraction of sp³-hybridized carbons (Fsp3) is 0.188. The summed E-state index contributed by atoms with van der Waals surface area (Å²) in [5.74, 6) is 0.200. The zero-order valence-corrected chi connectivity index (χ0v) is 23.0. The van der Waals surface area contributed by atoms with Crippen molar-refractivity contribution < 1.29 is 17.9 Å². The number of rotatable bonds is 6. The molecule has 206 valence electrons. The second kappa shape index (κ2) is 10.2. The minimum absolute atomic E-state index is 0.0474. The van der Waals surface area contributed by atoms with E-state index >= 15 is 0 Å². The van der Waals surface area contributed by atoms with Crippen LogP contribution < -0.4 is 9.04 Å². The second-order valence-electron chi connectivity index (χ2n) is 10.4. The summed E-state index contributed by atoms with van der Waals surface area (Å²) in [5.41, 5.74) is 3.33. The quantitative estimate of drug-likeness (QED) is 0.320. The van der Waals surface area contributed by atoms with Crippen molar-refractivity contribution in [3.05, 3.63) is 120 Å². The number of aromatic amines is 1. The van der Waals surface area contributed by atoms with Crippen molar-refractivity contribution in [3.63, 3.8) is 0 Å². The lowest BCUT2D eigenvalue weighted by Crippen LogP contribution is -2.54. The van der Waals surface area contributed by atoms with E-state index in [-0.39, 0.29) is 29.9 Å². The number of nitrogens with zero attached hydrogens (tertiary/aromatic N) is 3. The average molecular weight is 565 g/mol. The molecule has 0 radical (unpaired) electrons. The smallest absolute Gasteiger partial charge is 0.265 e. The third-order valence-corrected chi connectivity index (χ3v) is 9.75. The highest BCUT2D eigenvalue weighted by atomic mass is 32.2. The maximum atomic E-state index is 14.3. The van der Waals surface area contributed by atoms with Gasteiger partial charge in [0.25, 0.3) is 10.0 Å². The number of benzene rings is 4. The molecule has 7 rings (SSSR count). The van der Waals surface area contributed by atoms with Crippen molar-refractivity contribution in [3.8, 4) is 5.75 Å². The number of ether oxygens (including phenoxy) is 1. The molecule has 5 aromatic rings. The normalized spacial score (nSPS) is 18.9. The number of sulfonamides is 1. The van der Waals surface area contributed by atoms with Crippen molar-refractivity contribution >= 4 is 32.3 Å². The Morgan fingerprint density at radius 3 is 2.54 bits per heavy atom. The Morgan fingerprint density at radius 1 is 0.927 bits per heavy atom. The Labute approximate surface area is 238 Å². The van der Waals surface area contributed by atoms with Crippen LogP contribution in [-0.2, 0) is 21.2 Å². The molecule has 0 spiro atoms. The van der Waals surface area contributed by atoms with E-state index in [1.54, 1.807) is 48.8 Å². The first-order valence-corrected chi connectivity index (χ1v) is 15.0. The number of H-pyrrole nitrogens is 1. The van der Waals surface area contributed by atoms with E-state index in [4.69, 9.17) is 4.74 Å². The number of carbonyl (C=O) groups excluding carboxylic acids is 1. The van der Waals surface area contributed by atoms with Crippen molar-refractivity contribution in [2.75, 3.05) is 24.0 Å². The minimum Gasteiger partial charge on any atom is -0.489 e. The highest BCUT2D eigenvalue weighted by molar-refractivity contribution is 7.93. The van der Waals surface area contributed by atoms with Crippen LogP contribution in [0.25, 0.3) is 10.8 Å². The fourth-order valence-electron chi connectivity index (χ4n) is 5.93. The molecule has 4 aromatic carbocycles. The van der Waals surface area contributed by atoms with Crippen molar-refractivity contribution in [1.82, 2.24) is 14.9 Å². The maximum Gasteiger partial charge on any atom is 0.265 e. The summed E-state index contributed by atoms with van der Waals surface area (Å²) >= 11 is 0. The van der Waals surface area contributed by atoms with Gasteiger partial charge in [-0.2, -0.15) is 0 Å². The summed E-state index contributed by atoms with van der Waals surface area (Å²) in [6, 6.07) is 28.4. The summed E-state index contributed by atoms with van der Waals surface area (Å²) in [6.07, 6.45) is 2.41. The van der Waals surface area contributed by atoms with Crippen LogP contribution in [0.4, 0.5) is 5.69 Å². The number of fused-ring (bicyclic) bond motifs is 3. The summed E-state index contributed by atoms with van der Waals surface area (Å²) in [4.78, 5) is 24.2. The maximum absolute atomic E-state index is 14.3. The Morgan fingerprint density at radius 2 is 1.68 bits per heavy atom. The number of imidazole rings is 1. The van der Waals surface area contributed by atoms with E-state index in [2.05, 4.69) is 14.9 Å². The lowest BCUT2D eigenvalue weighted by Gasteiger charge is -2.39. The van der Waals surface area contributed by atoms with Crippen LogP contribution in [0.5, 0.6) is 5.75 Å². The molecule has 1 aromatic heterocycles. The van der Waals surface area contributed by atoms with Gasteiger partial charge in [-0.1, -0.05) is 72.8 Å². The molecule has 2 aliphatic heterocycles. The van der Waals surface area contributed by atoms with Crippen LogP contribution in [0, 0.1) is 0 Å². The van der Waals surface area contributed by atoms with Crippen LogP contribution in [0.3, 0.4) is 0 Å². The van der Waals surface area contributed by atoms with Crippen molar-refractivity contribution in [2.45, 2.75) is 23.4 Å². The minimum atomic E-state index is -4.11. The molecule has 2 aliphatic rings. The number of aromatic nitrogens is 2. The predicted octanol–water partition coefficient (Wildman–Crippen LogP) is 4.74. The van der Waals surface area contributed by atoms with Gasteiger partial charge in [-0.3, -0.25) is 9.69 Å². The van der Waals surface area contributed by atoms with Crippen molar-refractivity contribution in [2.24, 2.45) is 0 Å². The van der Waals surface area contributed by atoms with Crippen LogP contribution in [0.1, 0.15) is 23.0 Å². The van der Waals surface area contributed by atoms with Gasteiger partial charge in [0.2, 0.25) is 0 Å². The monoisotopic (exact) mass is 564 g/mol. The number of Topliss-reactive ketones (excluding diaryl/α,β-unsaturated/α-hetero) is 1. The predicted molar refractivity (Wildman–Crippen MR) is 156 cm³/mol. The van der Waals surface area contributed by atoms with Crippen LogP contribution in [0.15, 0.2) is 108 Å². The van der Waals surface area contributed by atoms with Crippen LogP contribution in [-0.4, -0.2) is 54.8 Å². The van der Waals surface area contributed by atoms with Gasteiger partial charge in [-0.25, -0.2) is 17.7 Å². The Kier molecular flexibility index (Phi) is 6.33. The molecule has 8 nitrogen and oxygen atoms in total. The number of para-hydroxylation sites is 2. The summed E-state index contributed by atoms with van der Waals surface area (Å²) in [7, 11) is -4.11. The van der Waals surface area contributed by atoms with E-state index in [1.165, 1.54) is 4.31 Å². The van der Waals surface area contributed by atoms with Gasteiger partial charge in [0.15, 0.2) is 5.78 Å². The SMILES string of the molecule is O=C(CN1CCc2[nH]cnc2C1c1ccccc1)C1COc2ccccc2N1S(=O)(=O)c1ccc2ccccc2c1. The van der Waals surface area contributed by atoms with E-state index in [1.807, 2.05) is 54.6 Å². The number of carbonyl (C=O) groups is 1. The molecule has 0 saturated carbocycles. The Balaban J connectivity index is 1.26. The zero-order valence-electron chi connectivity index (χ0n) is 22.2. The molecule has 3 heterocycles. The molecule has 41 heavy (non-hydrogen) atoms. The fourth-order valence-corrected chi connectivity index (χ4v) is 7.60. The topological polar surface area (TPSA) is 95.6 Å². The molecular weight excluding hydrogens is 536 g/mol. The molecular formula is C32H28N4O4S. The highest BCUT2D eigenvalue weighted by Gasteiger charge is 2.42. The van der Waals surface area contributed by atoms with Crippen molar-refractivity contribution in [1.29, 1.82) is 0 Å². The first-order chi connectivity index (χ1) is 20.0. The lowest BCUT2D eigenvalue weighted by atomic mass is 9.95.